The van der Waals surface area contributed by atoms with Crippen LogP contribution in [-0.2, 0) is 28.6 Å². The molecule has 1 unspecified atom stereocenters. The number of alkyl halides is 3. The molecule has 15 heteroatoms. The van der Waals surface area contributed by atoms with Gasteiger partial charge in [-0.3, -0.25) is 8.98 Å². The summed E-state index contributed by atoms with van der Waals surface area (Å²) < 4.78 is 83.1. The number of aliphatic hydroxyl groups excluding tert-OH is 3. The fourth-order valence-corrected chi connectivity index (χ4v) is 9.45. The predicted molar refractivity (Wildman–Crippen MR) is 153 cm³/mol. The van der Waals surface area contributed by atoms with Crippen LogP contribution in [0.25, 0.3) is 0 Å². The van der Waals surface area contributed by atoms with Crippen LogP contribution in [0.5, 0.6) is 0 Å². The van der Waals surface area contributed by atoms with Crippen molar-refractivity contribution in [1.82, 2.24) is 0 Å². The summed E-state index contributed by atoms with van der Waals surface area (Å²) in [5.74, 6) is -4.33. The molecule has 1 aromatic carbocycles. The van der Waals surface area contributed by atoms with Crippen LogP contribution in [0.3, 0.4) is 0 Å². The zero-order chi connectivity index (χ0) is 34.4. The topological polar surface area (TPSA) is 177 Å². The molecule has 0 amide bonds. The van der Waals surface area contributed by atoms with E-state index in [2.05, 4.69) is 0 Å². The fraction of sp³-hybridized carbons (Fsp3) is 0.677. The Labute approximate surface area is 264 Å². The lowest BCUT2D eigenvalue weighted by molar-refractivity contribution is -0.319. The van der Waals surface area contributed by atoms with E-state index in [1.165, 1.54) is 39.8 Å². The molecular formula is C31H39F3O11S. The number of hydrogen-bond donors (Lipinski definition) is 4. The van der Waals surface area contributed by atoms with Crippen LogP contribution in [0.1, 0.15) is 70.7 Å². The largest absolute Gasteiger partial charge is 0.523 e. The second-order valence-electron chi connectivity index (χ2n) is 13.8. The standard InChI is InChI=1S/C31H39F3O11S/c1-15-19(36)14-30(40)25(43-26(39)17-9-7-6-8-10-17)23-28(5,24(38)22(37)21(15)27(30,3)4)20(45-46(41,42)31(32,33)34)13-18-11-12-29(18,23)44-16(2)35/h6-10,18-20,22-25,36-38,40H,11-14H2,1-5H3/t18?,19-,20-,22+,23-,24+,25-,28+,29-,30+/m0/s1. The molecule has 0 radical (unpaired) electrons. The molecular weight excluding hydrogens is 637 g/mol. The lowest BCUT2D eigenvalue weighted by atomic mass is 9.40. The Bertz CT molecular complexity index is 1540. The van der Waals surface area contributed by atoms with E-state index in [-0.39, 0.29) is 29.6 Å². The molecule has 0 aliphatic heterocycles. The minimum atomic E-state index is -6.29. The van der Waals surface area contributed by atoms with E-state index >= 15 is 0 Å². The number of aliphatic hydroxyl groups is 4. The molecule has 46 heavy (non-hydrogen) atoms. The molecule has 0 aromatic heterocycles. The highest BCUT2D eigenvalue weighted by molar-refractivity contribution is 7.87. The van der Waals surface area contributed by atoms with E-state index in [4.69, 9.17) is 13.7 Å². The Kier molecular flexibility index (Phi) is 8.30. The summed E-state index contributed by atoms with van der Waals surface area (Å²) in [5, 5.41) is 47.9. The maximum absolute atomic E-state index is 13.8. The third-order valence-electron chi connectivity index (χ3n) is 11.3. The van der Waals surface area contributed by atoms with Gasteiger partial charge in [0.05, 0.1) is 23.9 Å². The summed E-state index contributed by atoms with van der Waals surface area (Å²) in [6, 6.07) is 7.55. The number of halogens is 3. The van der Waals surface area contributed by atoms with E-state index < -0.39 is 105 Å². The Morgan fingerprint density at radius 3 is 2.17 bits per heavy atom. The average molecular weight is 677 g/mol. The second-order valence-corrected chi connectivity index (χ2v) is 15.4. The third kappa shape index (κ3) is 4.83. The molecule has 10 atom stereocenters. The van der Waals surface area contributed by atoms with Crippen LogP contribution >= 0.6 is 0 Å². The normalized spacial score (nSPS) is 40.4. The number of hydrogen-bond acceptors (Lipinski definition) is 11. The molecule has 2 bridgehead atoms. The fourth-order valence-electron chi connectivity index (χ4n) is 8.75. The van der Waals surface area contributed by atoms with Crippen LogP contribution in [0.15, 0.2) is 41.5 Å². The number of benzene rings is 1. The van der Waals surface area contributed by atoms with Crippen molar-refractivity contribution in [2.24, 2.45) is 22.7 Å². The first-order chi connectivity index (χ1) is 21.1. The molecule has 4 N–H and O–H groups in total. The maximum Gasteiger partial charge on any atom is 0.523 e. The van der Waals surface area contributed by atoms with Gasteiger partial charge in [0.25, 0.3) is 0 Å². The van der Waals surface area contributed by atoms with Gasteiger partial charge in [-0.2, -0.15) is 21.6 Å². The smallest absolute Gasteiger partial charge is 0.458 e. The van der Waals surface area contributed by atoms with Gasteiger partial charge < -0.3 is 29.9 Å². The van der Waals surface area contributed by atoms with E-state index in [9.17, 15) is 51.6 Å². The van der Waals surface area contributed by atoms with Crippen molar-refractivity contribution in [3.63, 3.8) is 0 Å². The molecule has 4 aliphatic carbocycles. The van der Waals surface area contributed by atoms with Gasteiger partial charge >= 0.3 is 27.6 Å². The van der Waals surface area contributed by atoms with Crippen LogP contribution in [0, 0.1) is 22.7 Å². The van der Waals surface area contributed by atoms with Gasteiger partial charge in [-0.05, 0) is 49.5 Å². The summed E-state index contributed by atoms with van der Waals surface area (Å²) in [7, 11) is -6.29. The van der Waals surface area contributed by atoms with Crippen LogP contribution in [-0.4, -0.2) is 88.0 Å². The number of rotatable bonds is 5. The van der Waals surface area contributed by atoms with Crippen LogP contribution in [0.2, 0.25) is 0 Å². The number of fused-ring (bicyclic) bond motifs is 5. The van der Waals surface area contributed by atoms with Crippen molar-refractivity contribution < 1.29 is 65.3 Å². The summed E-state index contributed by atoms with van der Waals surface area (Å²) in [6.07, 6.45) is -10.1. The third-order valence-corrected chi connectivity index (χ3v) is 12.3. The van der Waals surface area contributed by atoms with Gasteiger partial charge in [0.2, 0.25) is 0 Å². The summed E-state index contributed by atoms with van der Waals surface area (Å²) >= 11 is 0. The zero-order valence-corrected chi connectivity index (χ0v) is 26.8. The van der Waals surface area contributed by atoms with Gasteiger partial charge in [0.1, 0.15) is 23.4 Å². The van der Waals surface area contributed by atoms with E-state index in [0.717, 1.165) is 6.92 Å². The van der Waals surface area contributed by atoms with Crippen molar-refractivity contribution in [3.8, 4) is 0 Å². The first-order valence-electron chi connectivity index (χ1n) is 15.0. The van der Waals surface area contributed by atoms with Crippen molar-refractivity contribution in [3.05, 3.63) is 47.0 Å². The molecule has 11 nitrogen and oxygen atoms in total. The second kappa shape index (κ2) is 11.0. The maximum atomic E-state index is 13.8. The van der Waals surface area contributed by atoms with Gasteiger partial charge in [-0.1, -0.05) is 39.0 Å². The molecule has 3 saturated carbocycles. The Hall–Kier alpha value is -2.56. The first-order valence-corrected chi connectivity index (χ1v) is 16.4. The van der Waals surface area contributed by atoms with E-state index in [0.29, 0.717) is 0 Å². The highest BCUT2D eigenvalue weighted by atomic mass is 32.2. The summed E-state index contributed by atoms with van der Waals surface area (Å²) in [4.78, 5) is 26.4. The monoisotopic (exact) mass is 676 g/mol. The van der Waals surface area contributed by atoms with Gasteiger partial charge in [-0.15, -0.1) is 0 Å². The van der Waals surface area contributed by atoms with Crippen molar-refractivity contribution >= 4 is 22.1 Å². The van der Waals surface area contributed by atoms with Crippen molar-refractivity contribution in [2.45, 2.75) is 108 Å². The minimum absolute atomic E-state index is 0.0199. The molecule has 1 aromatic rings. The molecule has 0 saturated heterocycles. The molecule has 5 rings (SSSR count). The molecule has 256 valence electrons. The summed E-state index contributed by atoms with van der Waals surface area (Å²) in [6.45, 7) is 6.72. The first kappa shape index (κ1) is 34.8. The van der Waals surface area contributed by atoms with Crippen LogP contribution in [0.4, 0.5) is 13.2 Å². The van der Waals surface area contributed by atoms with Gasteiger partial charge in [0, 0.05) is 36.0 Å². The molecule has 0 heterocycles. The van der Waals surface area contributed by atoms with Gasteiger partial charge in [0.15, 0.2) is 0 Å². The SMILES string of the molecule is CC(=O)O[C@@]12CCC1C[C@H](OS(=O)(=O)C(F)(F)F)[C@@]1(C)[C@H](O)[C@H](O)C3=C(C)[C@@H](O)C[C@@](O)([C@@H](OC(=O)c4ccccc4)[C@@H]12)C3(C)C. The highest BCUT2D eigenvalue weighted by Crippen LogP contribution is 2.68. The van der Waals surface area contributed by atoms with E-state index in [1.807, 2.05) is 0 Å². The quantitative estimate of drug-likeness (QED) is 0.156. The lowest BCUT2D eigenvalue weighted by Crippen LogP contribution is -2.79. The van der Waals surface area contributed by atoms with Crippen molar-refractivity contribution in [1.29, 1.82) is 0 Å². The highest BCUT2D eigenvalue weighted by Gasteiger charge is 2.77. The number of carbonyl (C=O) groups is 2. The van der Waals surface area contributed by atoms with Gasteiger partial charge in [-0.25, -0.2) is 4.79 Å². The van der Waals surface area contributed by atoms with Crippen LogP contribution < -0.4 is 0 Å². The number of ether oxygens (including phenoxy) is 2. The number of esters is 2. The average Bonchev–Trinajstić information content (AvgIpc) is 2.94. The lowest BCUT2D eigenvalue weighted by Gasteiger charge is -2.69. The number of carbonyl (C=O) groups excluding carboxylic acids is 2. The Morgan fingerprint density at radius 2 is 1.65 bits per heavy atom. The Morgan fingerprint density at radius 1 is 1.04 bits per heavy atom. The molecule has 4 aliphatic rings. The predicted octanol–water partition coefficient (Wildman–Crippen LogP) is 2.76. The Balaban J connectivity index is 1.84. The molecule has 3 fully saturated rings. The molecule has 0 spiro atoms. The zero-order valence-electron chi connectivity index (χ0n) is 25.9. The summed E-state index contributed by atoms with van der Waals surface area (Å²) in [5.41, 5.74) is -13.7. The minimum Gasteiger partial charge on any atom is -0.458 e. The van der Waals surface area contributed by atoms with Crippen molar-refractivity contribution in [2.75, 3.05) is 0 Å². The van der Waals surface area contributed by atoms with E-state index in [1.54, 1.807) is 18.2 Å².